The van der Waals surface area contributed by atoms with Crippen molar-refractivity contribution in [1.29, 1.82) is 0 Å². The van der Waals surface area contributed by atoms with Gasteiger partial charge in [0.15, 0.2) is 0 Å². The average Bonchev–Trinajstić information content (AvgIpc) is 2.84. The number of nitrogens with zero attached hydrogens (tertiary/aromatic N) is 1. The molecule has 0 bridgehead atoms. The van der Waals surface area contributed by atoms with E-state index in [9.17, 15) is 9.59 Å². The van der Waals surface area contributed by atoms with E-state index in [1.165, 1.54) is 0 Å². The van der Waals surface area contributed by atoms with Crippen LogP contribution in [0.5, 0.6) is 0 Å². The topological polar surface area (TPSA) is 94.3 Å². The van der Waals surface area contributed by atoms with Crippen LogP contribution in [0.3, 0.4) is 0 Å². The number of fused-ring (bicyclic) bond motifs is 1. The summed E-state index contributed by atoms with van der Waals surface area (Å²) in [6.07, 6.45) is 3.50. The number of nitrogens with two attached hydrogens (primary N) is 1. The molecular weight excluding hydrogens is 402 g/mol. The van der Waals surface area contributed by atoms with Gasteiger partial charge < -0.3 is 15.8 Å². The van der Waals surface area contributed by atoms with Crippen LogP contribution in [-0.4, -0.2) is 23.4 Å². The van der Waals surface area contributed by atoms with E-state index in [1.54, 1.807) is 36.7 Å². The van der Waals surface area contributed by atoms with Gasteiger partial charge in [-0.05, 0) is 46.8 Å². The molecule has 6 heteroatoms. The Hall–Kier alpha value is -4.03. The van der Waals surface area contributed by atoms with E-state index in [0.717, 1.165) is 21.9 Å². The lowest BCUT2D eigenvalue weighted by Gasteiger charge is -2.16. The van der Waals surface area contributed by atoms with Crippen LogP contribution in [0.25, 0.3) is 10.8 Å². The number of rotatable bonds is 7. The van der Waals surface area contributed by atoms with Gasteiger partial charge in [0, 0.05) is 30.0 Å². The van der Waals surface area contributed by atoms with Gasteiger partial charge in [0.1, 0.15) is 6.61 Å². The smallest absolute Gasteiger partial charge is 0.338 e. The van der Waals surface area contributed by atoms with Gasteiger partial charge in [-0.2, -0.15) is 0 Å². The molecule has 160 valence electrons. The van der Waals surface area contributed by atoms with Gasteiger partial charge in [-0.25, -0.2) is 4.79 Å². The summed E-state index contributed by atoms with van der Waals surface area (Å²) >= 11 is 0. The fourth-order valence-corrected chi connectivity index (χ4v) is 3.44. The third kappa shape index (κ3) is 4.99. The Morgan fingerprint density at radius 3 is 2.47 bits per heavy atom. The number of ether oxygens (including phenoxy) is 1. The molecule has 4 rings (SSSR count). The highest BCUT2D eigenvalue weighted by atomic mass is 16.5. The molecule has 1 heterocycles. The number of aromatic nitrogens is 1. The van der Waals surface area contributed by atoms with Gasteiger partial charge in [0.2, 0.25) is 5.91 Å². The zero-order valence-corrected chi connectivity index (χ0v) is 17.4. The van der Waals surface area contributed by atoms with Gasteiger partial charge >= 0.3 is 5.97 Å². The van der Waals surface area contributed by atoms with E-state index in [2.05, 4.69) is 10.3 Å². The second kappa shape index (κ2) is 9.85. The van der Waals surface area contributed by atoms with Crippen LogP contribution < -0.4 is 11.1 Å². The van der Waals surface area contributed by atoms with Crippen LogP contribution in [0, 0.1) is 0 Å². The van der Waals surface area contributed by atoms with Gasteiger partial charge in [-0.1, -0.05) is 48.5 Å². The van der Waals surface area contributed by atoms with Crippen molar-refractivity contribution >= 4 is 28.3 Å². The summed E-state index contributed by atoms with van der Waals surface area (Å²) in [7, 11) is 0. The second-order valence-corrected chi connectivity index (χ2v) is 7.40. The van der Waals surface area contributed by atoms with Crippen LogP contribution in [0.1, 0.15) is 27.4 Å². The Labute approximate surface area is 186 Å². The largest absolute Gasteiger partial charge is 0.457 e. The van der Waals surface area contributed by atoms with Crippen molar-refractivity contribution in [3.05, 3.63) is 108 Å². The lowest BCUT2D eigenvalue weighted by Crippen LogP contribution is -2.27. The van der Waals surface area contributed by atoms with Crippen molar-refractivity contribution in [2.75, 3.05) is 11.9 Å². The van der Waals surface area contributed by atoms with Crippen molar-refractivity contribution < 1.29 is 14.3 Å². The maximum atomic E-state index is 12.9. The molecular formula is C26H23N3O3. The predicted molar refractivity (Wildman–Crippen MR) is 124 cm³/mol. The standard InChI is InChI=1S/C26H23N3O3/c27-15-24(25(30)29-23-11-10-22-16-28-13-12-21(22)14-23)19-8-6-18(7-9-19)17-32-26(31)20-4-2-1-3-5-20/h1-14,16,24H,15,17,27H2,(H,29,30)/t24-/m1/s1. The normalized spacial score (nSPS) is 11.7. The summed E-state index contributed by atoms with van der Waals surface area (Å²) in [6, 6.07) is 23.8. The highest BCUT2D eigenvalue weighted by molar-refractivity contribution is 5.98. The summed E-state index contributed by atoms with van der Waals surface area (Å²) in [6.45, 7) is 0.325. The van der Waals surface area contributed by atoms with Crippen LogP contribution in [0.4, 0.5) is 5.69 Å². The summed E-state index contributed by atoms with van der Waals surface area (Å²) in [5, 5.41) is 4.95. The fourth-order valence-electron chi connectivity index (χ4n) is 3.44. The number of carbonyl (C=O) groups excluding carboxylic acids is 2. The van der Waals surface area contributed by atoms with E-state index in [-0.39, 0.29) is 25.0 Å². The maximum absolute atomic E-state index is 12.9. The minimum atomic E-state index is -0.496. The maximum Gasteiger partial charge on any atom is 0.338 e. The number of nitrogens with one attached hydrogen (secondary N) is 1. The van der Waals surface area contributed by atoms with Gasteiger partial charge in [-0.15, -0.1) is 0 Å². The first-order valence-corrected chi connectivity index (χ1v) is 10.3. The Balaban J connectivity index is 1.39. The van der Waals surface area contributed by atoms with Crippen molar-refractivity contribution in [2.24, 2.45) is 5.73 Å². The molecule has 1 amide bonds. The molecule has 6 nitrogen and oxygen atoms in total. The second-order valence-electron chi connectivity index (χ2n) is 7.40. The van der Waals surface area contributed by atoms with Crippen LogP contribution in [0.2, 0.25) is 0 Å². The number of hydrogen-bond donors (Lipinski definition) is 2. The first kappa shape index (κ1) is 21.2. The molecule has 0 saturated heterocycles. The van der Waals surface area contributed by atoms with Crippen LogP contribution in [-0.2, 0) is 16.1 Å². The first-order chi connectivity index (χ1) is 15.6. The highest BCUT2D eigenvalue weighted by Crippen LogP contribution is 2.22. The zero-order chi connectivity index (χ0) is 22.3. The minimum Gasteiger partial charge on any atom is -0.457 e. The number of carbonyl (C=O) groups is 2. The number of pyridine rings is 1. The molecule has 4 aromatic rings. The first-order valence-electron chi connectivity index (χ1n) is 10.3. The number of amides is 1. The number of anilines is 1. The average molecular weight is 425 g/mol. The molecule has 3 aromatic carbocycles. The molecule has 0 aliphatic rings. The molecule has 0 saturated carbocycles. The fraction of sp³-hybridized carbons (Fsp3) is 0.115. The quantitative estimate of drug-likeness (QED) is 0.431. The molecule has 1 aromatic heterocycles. The van der Waals surface area contributed by atoms with Crippen molar-refractivity contribution in [3.63, 3.8) is 0 Å². The SMILES string of the molecule is NC[C@@H](C(=O)Nc1ccc2cnccc2c1)c1ccc(COC(=O)c2ccccc2)cc1. The molecule has 0 aliphatic carbocycles. The third-order valence-electron chi connectivity index (χ3n) is 5.22. The zero-order valence-electron chi connectivity index (χ0n) is 17.4. The molecule has 0 spiro atoms. The van der Waals surface area contributed by atoms with Gasteiger partial charge in [-0.3, -0.25) is 9.78 Å². The van der Waals surface area contributed by atoms with E-state index < -0.39 is 5.92 Å². The molecule has 0 radical (unpaired) electrons. The summed E-state index contributed by atoms with van der Waals surface area (Å²) in [5.41, 5.74) is 8.76. The molecule has 1 atom stereocenters. The van der Waals surface area contributed by atoms with E-state index in [4.69, 9.17) is 10.5 Å². The van der Waals surface area contributed by atoms with Crippen molar-refractivity contribution in [3.8, 4) is 0 Å². The molecule has 0 fully saturated rings. The lowest BCUT2D eigenvalue weighted by atomic mass is 9.97. The van der Waals surface area contributed by atoms with Crippen molar-refractivity contribution in [1.82, 2.24) is 4.98 Å². The predicted octanol–water partition coefficient (Wildman–Crippen LogP) is 4.27. The van der Waals surface area contributed by atoms with E-state index in [0.29, 0.717) is 11.3 Å². The lowest BCUT2D eigenvalue weighted by molar-refractivity contribution is -0.117. The minimum absolute atomic E-state index is 0.152. The Morgan fingerprint density at radius 2 is 1.72 bits per heavy atom. The van der Waals surface area contributed by atoms with Crippen molar-refractivity contribution in [2.45, 2.75) is 12.5 Å². The number of esters is 1. The summed E-state index contributed by atoms with van der Waals surface area (Å²) in [4.78, 5) is 29.1. The van der Waals surface area contributed by atoms with Gasteiger partial charge in [0.25, 0.3) is 0 Å². The molecule has 0 aliphatic heterocycles. The van der Waals surface area contributed by atoms with Crippen LogP contribution in [0.15, 0.2) is 91.3 Å². The third-order valence-corrected chi connectivity index (χ3v) is 5.22. The Kier molecular flexibility index (Phi) is 6.53. The highest BCUT2D eigenvalue weighted by Gasteiger charge is 2.19. The summed E-state index contributed by atoms with van der Waals surface area (Å²) < 4.78 is 5.36. The van der Waals surface area contributed by atoms with E-state index in [1.807, 2.05) is 54.6 Å². The molecule has 32 heavy (non-hydrogen) atoms. The number of benzene rings is 3. The van der Waals surface area contributed by atoms with Crippen LogP contribution >= 0.6 is 0 Å². The Bertz CT molecular complexity index is 1220. The molecule has 0 unspecified atom stereocenters. The Morgan fingerprint density at radius 1 is 0.938 bits per heavy atom. The number of hydrogen-bond acceptors (Lipinski definition) is 5. The molecule has 3 N–H and O–H groups in total. The van der Waals surface area contributed by atoms with Gasteiger partial charge in [0.05, 0.1) is 11.5 Å². The monoisotopic (exact) mass is 425 g/mol. The summed E-state index contributed by atoms with van der Waals surface area (Å²) in [5.74, 6) is -1.05. The van der Waals surface area contributed by atoms with E-state index >= 15 is 0 Å².